The number of aliphatic imine (C=N–C) groups is 1. The number of aromatic amines is 1. The molecule has 0 spiro atoms. The number of benzene rings is 1. The summed E-state index contributed by atoms with van der Waals surface area (Å²) in [5, 5.41) is 10.0. The van der Waals surface area contributed by atoms with Crippen LogP contribution in [-0.2, 0) is 6.54 Å². The lowest BCUT2D eigenvalue weighted by molar-refractivity contribution is 0.419. The molecule has 3 aromatic rings. The number of nitrogens with zero attached hydrogens (tertiary/aromatic N) is 3. The summed E-state index contributed by atoms with van der Waals surface area (Å²) in [4.78, 5) is 12.3. The van der Waals surface area contributed by atoms with Crippen molar-refractivity contribution in [1.29, 1.82) is 0 Å². The summed E-state index contributed by atoms with van der Waals surface area (Å²) in [6, 6.07) is 7.72. The van der Waals surface area contributed by atoms with Crippen molar-refractivity contribution in [3.8, 4) is 5.88 Å². The summed E-state index contributed by atoms with van der Waals surface area (Å²) in [6.07, 6.45) is 1.58. The molecule has 0 aliphatic heterocycles. The molecule has 0 unspecified atom stereocenters. The SMILES string of the molecule is CCn1c(O)c(/C=N/c2nc3ccccc3[nH]2)sc1=S. The summed E-state index contributed by atoms with van der Waals surface area (Å²) in [7, 11) is 0. The minimum atomic E-state index is 0.155. The maximum Gasteiger partial charge on any atom is 0.227 e. The van der Waals surface area contributed by atoms with Gasteiger partial charge < -0.3 is 10.1 Å². The first-order valence-electron chi connectivity index (χ1n) is 6.10. The molecule has 0 aliphatic rings. The molecule has 0 aliphatic carbocycles. The van der Waals surface area contributed by atoms with Gasteiger partial charge in [-0.05, 0) is 31.3 Å². The first-order valence-corrected chi connectivity index (χ1v) is 7.33. The Kier molecular flexibility index (Phi) is 3.37. The Labute approximate surface area is 124 Å². The molecule has 0 amide bonds. The fourth-order valence-electron chi connectivity index (χ4n) is 1.90. The number of fused-ring (bicyclic) bond motifs is 1. The number of thiazole rings is 1. The van der Waals surface area contributed by atoms with Crippen LogP contribution in [0.3, 0.4) is 0 Å². The monoisotopic (exact) mass is 304 g/mol. The van der Waals surface area contributed by atoms with Gasteiger partial charge in [0.05, 0.1) is 17.2 Å². The molecule has 0 saturated carbocycles. The maximum absolute atomic E-state index is 10.0. The second kappa shape index (κ2) is 5.18. The predicted molar refractivity (Wildman–Crippen MR) is 83.8 cm³/mol. The van der Waals surface area contributed by atoms with Gasteiger partial charge in [0.1, 0.15) is 4.88 Å². The molecule has 0 fully saturated rings. The Bertz CT molecular complexity index is 811. The van der Waals surface area contributed by atoms with E-state index in [1.54, 1.807) is 10.8 Å². The summed E-state index contributed by atoms with van der Waals surface area (Å²) in [6.45, 7) is 2.57. The predicted octanol–water partition coefficient (Wildman–Crippen LogP) is 3.63. The second-order valence-corrected chi connectivity index (χ2v) is 5.81. The van der Waals surface area contributed by atoms with E-state index < -0.39 is 0 Å². The Morgan fingerprint density at radius 1 is 1.50 bits per heavy atom. The van der Waals surface area contributed by atoms with E-state index in [1.807, 2.05) is 31.2 Å². The lowest BCUT2D eigenvalue weighted by atomic mass is 10.3. The number of para-hydroxylation sites is 2. The fraction of sp³-hybridized carbons (Fsp3) is 0.154. The van der Waals surface area contributed by atoms with E-state index in [1.165, 1.54) is 11.3 Å². The van der Waals surface area contributed by atoms with Crippen molar-refractivity contribution in [3.63, 3.8) is 0 Å². The fourth-order valence-corrected chi connectivity index (χ4v) is 3.20. The van der Waals surface area contributed by atoms with Gasteiger partial charge in [0.2, 0.25) is 11.8 Å². The van der Waals surface area contributed by atoms with Gasteiger partial charge in [-0.2, -0.15) is 0 Å². The van der Waals surface area contributed by atoms with Gasteiger partial charge in [0, 0.05) is 6.54 Å². The van der Waals surface area contributed by atoms with Crippen molar-refractivity contribution in [2.24, 2.45) is 4.99 Å². The zero-order chi connectivity index (χ0) is 14.1. The number of aromatic nitrogens is 3. The first-order chi connectivity index (χ1) is 9.69. The summed E-state index contributed by atoms with van der Waals surface area (Å²) in [5.41, 5.74) is 1.80. The Morgan fingerprint density at radius 2 is 2.30 bits per heavy atom. The maximum atomic E-state index is 10.0. The third kappa shape index (κ3) is 2.25. The van der Waals surface area contributed by atoms with Crippen LogP contribution in [-0.4, -0.2) is 25.9 Å². The third-order valence-corrected chi connectivity index (χ3v) is 4.26. The third-order valence-electron chi connectivity index (χ3n) is 2.89. The molecule has 7 heteroatoms. The van der Waals surface area contributed by atoms with Crippen molar-refractivity contribution < 1.29 is 5.11 Å². The molecule has 5 nitrogen and oxygen atoms in total. The highest BCUT2D eigenvalue weighted by molar-refractivity contribution is 7.73. The van der Waals surface area contributed by atoms with E-state index in [0.717, 1.165) is 11.0 Å². The van der Waals surface area contributed by atoms with Crippen molar-refractivity contribution in [1.82, 2.24) is 14.5 Å². The molecule has 0 atom stereocenters. The van der Waals surface area contributed by atoms with Crippen LogP contribution < -0.4 is 0 Å². The van der Waals surface area contributed by atoms with Gasteiger partial charge in [-0.1, -0.05) is 23.5 Å². The quantitative estimate of drug-likeness (QED) is 0.573. The average Bonchev–Trinajstić information content (AvgIpc) is 2.97. The van der Waals surface area contributed by atoms with Gasteiger partial charge in [0.15, 0.2) is 3.95 Å². The van der Waals surface area contributed by atoms with E-state index in [0.29, 0.717) is 21.3 Å². The largest absolute Gasteiger partial charge is 0.493 e. The van der Waals surface area contributed by atoms with Crippen LogP contribution in [0.2, 0.25) is 0 Å². The molecule has 3 rings (SSSR count). The minimum Gasteiger partial charge on any atom is -0.493 e. The van der Waals surface area contributed by atoms with E-state index in [2.05, 4.69) is 15.0 Å². The second-order valence-electron chi connectivity index (χ2n) is 4.14. The van der Waals surface area contributed by atoms with Crippen LogP contribution in [0.1, 0.15) is 11.8 Å². The molecular formula is C13H12N4OS2. The van der Waals surface area contributed by atoms with Gasteiger partial charge in [-0.15, -0.1) is 0 Å². The molecule has 102 valence electrons. The zero-order valence-corrected chi connectivity index (χ0v) is 12.3. The van der Waals surface area contributed by atoms with Crippen LogP contribution in [0, 0.1) is 3.95 Å². The van der Waals surface area contributed by atoms with E-state index in [9.17, 15) is 5.11 Å². The highest BCUT2D eigenvalue weighted by atomic mass is 32.1. The van der Waals surface area contributed by atoms with E-state index in [-0.39, 0.29) is 5.88 Å². The number of imidazole rings is 1. The summed E-state index contributed by atoms with van der Waals surface area (Å²) < 4.78 is 2.30. The molecular weight excluding hydrogens is 292 g/mol. The summed E-state index contributed by atoms with van der Waals surface area (Å²) >= 11 is 6.51. The molecule has 2 N–H and O–H groups in total. The van der Waals surface area contributed by atoms with Crippen molar-refractivity contribution in [2.75, 3.05) is 0 Å². The molecule has 0 radical (unpaired) electrons. The number of H-pyrrole nitrogens is 1. The summed E-state index contributed by atoms with van der Waals surface area (Å²) in [5.74, 6) is 0.662. The van der Waals surface area contributed by atoms with Crippen LogP contribution in [0.4, 0.5) is 5.95 Å². The van der Waals surface area contributed by atoms with Gasteiger partial charge in [0.25, 0.3) is 0 Å². The van der Waals surface area contributed by atoms with E-state index in [4.69, 9.17) is 12.2 Å². The highest BCUT2D eigenvalue weighted by Gasteiger charge is 2.08. The topological polar surface area (TPSA) is 66.2 Å². The Morgan fingerprint density at radius 3 is 3.00 bits per heavy atom. The average molecular weight is 304 g/mol. The number of hydrogen-bond donors (Lipinski definition) is 2. The van der Waals surface area contributed by atoms with Crippen molar-refractivity contribution in [2.45, 2.75) is 13.5 Å². The van der Waals surface area contributed by atoms with Crippen LogP contribution in [0.15, 0.2) is 29.3 Å². The zero-order valence-electron chi connectivity index (χ0n) is 10.7. The lowest BCUT2D eigenvalue weighted by Gasteiger charge is -1.97. The first kappa shape index (κ1) is 13.0. The van der Waals surface area contributed by atoms with Crippen LogP contribution in [0.5, 0.6) is 5.88 Å². The van der Waals surface area contributed by atoms with Crippen LogP contribution in [0.25, 0.3) is 11.0 Å². The molecule has 0 saturated heterocycles. The molecule has 20 heavy (non-hydrogen) atoms. The van der Waals surface area contributed by atoms with Gasteiger partial charge in [-0.3, -0.25) is 4.57 Å². The number of nitrogens with one attached hydrogen (secondary N) is 1. The Balaban J connectivity index is 1.96. The lowest BCUT2D eigenvalue weighted by Crippen LogP contribution is -1.92. The molecule has 2 aromatic heterocycles. The minimum absolute atomic E-state index is 0.155. The normalized spacial score (nSPS) is 11.7. The number of rotatable bonds is 3. The Hall–Kier alpha value is -1.99. The van der Waals surface area contributed by atoms with Gasteiger partial charge in [-0.25, -0.2) is 9.98 Å². The number of aromatic hydroxyl groups is 1. The standard InChI is InChI=1S/C13H12N4OS2/c1-2-17-11(18)10(20-13(17)19)7-14-12-15-8-5-3-4-6-9(8)16-12/h3-7,18H,2H2,1H3,(H,15,16)/b14-7+. The molecule has 2 heterocycles. The van der Waals surface area contributed by atoms with Crippen molar-refractivity contribution in [3.05, 3.63) is 33.1 Å². The molecule has 0 bridgehead atoms. The van der Waals surface area contributed by atoms with Crippen molar-refractivity contribution >= 4 is 46.8 Å². The van der Waals surface area contributed by atoms with E-state index >= 15 is 0 Å². The molecule has 1 aromatic carbocycles. The van der Waals surface area contributed by atoms with Gasteiger partial charge >= 0.3 is 0 Å². The highest BCUT2D eigenvalue weighted by Crippen LogP contribution is 2.25. The van der Waals surface area contributed by atoms with Crippen LogP contribution >= 0.6 is 23.6 Å². The smallest absolute Gasteiger partial charge is 0.227 e. The number of hydrogen-bond acceptors (Lipinski definition) is 5.